The number of hydrogen-bond donors (Lipinski definition) is 1. The lowest BCUT2D eigenvalue weighted by Crippen LogP contribution is -1.85. The molecule has 80 valence electrons. The molecule has 1 N–H and O–H groups in total. The van der Waals surface area contributed by atoms with Crippen LogP contribution in [0.4, 0.5) is 0 Å². The Hall–Kier alpha value is -1.80. The fourth-order valence-electron chi connectivity index (χ4n) is 1.35. The normalized spacial score (nSPS) is 11.4. The van der Waals surface area contributed by atoms with Crippen LogP contribution in [0, 0.1) is 0 Å². The van der Waals surface area contributed by atoms with Crippen molar-refractivity contribution in [2.45, 2.75) is 0 Å². The summed E-state index contributed by atoms with van der Waals surface area (Å²) in [4.78, 5) is 4.09. The van der Waals surface area contributed by atoms with Gasteiger partial charge in [-0.1, -0.05) is 29.8 Å². The van der Waals surface area contributed by atoms with Crippen LogP contribution in [0.15, 0.2) is 48.7 Å². The molecule has 0 unspecified atom stereocenters. The van der Waals surface area contributed by atoms with Gasteiger partial charge in [0.05, 0.1) is 10.7 Å². The van der Waals surface area contributed by atoms with Gasteiger partial charge in [0, 0.05) is 17.8 Å². The molecule has 2 aromatic rings. The van der Waals surface area contributed by atoms with E-state index in [1.807, 2.05) is 30.3 Å². The molecule has 0 spiro atoms. The summed E-state index contributed by atoms with van der Waals surface area (Å²) in [6.07, 6.45) is 3.26. The van der Waals surface area contributed by atoms with Crippen LogP contribution in [0.25, 0.3) is 11.8 Å². The lowest BCUT2D eigenvalue weighted by Gasteiger charge is -2.02. The van der Waals surface area contributed by atoms with Gasteiger partial charge in [0.25, 0.3) is 0 Å². The first-order valence-corrected chi connectivity index (χ1v) is 5.22. The van der Waals surface area contributed by atoms with E-state index in [2.05, 4.69) is 4.98 Å². The van der Waals surface area contributed by atoms with Gasteiger partial charge in [-0.3, -0.25) is 4.98 Å². The maximum atomic E-state index is 9.89. The predicted molar refractivity (Wildman–Crippen MR) is 66.2 cm³/mol. The molecular formula is C13H10ClNO. The van der Waals surface area contributed by atoms with Crippen molar-refractivity contribution < 1.29 is 5.11 Å². The summed E-state index contributed by atoms with van der Waals surface area (Å²) in [6, 6.07) is 12.6. The molecule has 0 atom stereocenters. The standard InChI is InChI=1S/C13H10ClNO/c14-12-7-2-1-6-11(12)13(16)9-10-5-3-4-8-15-10/h1-9,16H. The number of aliphatic hydroxyl groups excluding tert-OH is 1. The second-order valence-corrected chi connectivity index (χ2v) is 3.67. The average molecular weight is 232 g/mol. The van der Waals surface area contributed by atoms with Gasteiger partial charge in [-0.2, -0.15) is 0 Å². The fourth-order valence-corrected chi connectivity index (χ4v) is 1.58. The SMILES string of the molecule is OC(=Cc1ccccn1)c1ccccc1Cl. The molecular weight excluding hydrogens is 222 g/mol. The van der Waals surface area contributed by atoms with E-state index in [-0.39, 0.29) is 5.76 Å². The number of aliphatic hydroxyl groups is 1. The largest absolute Gasteiger partial charge is 0.507 e. The monoisotopic (exact) mass is 231 g/mol. The molecule has 2 rings (SSSR count). The van der Waals surface area contributed by atoms with E-state index in [0.717, 1.165) is 0 Å². The summed E-state index contributed by atoms with van der Waals surface area (Å²) in [5, 5.41) is 10.4. The minimum absolute atomic E-state index is 0.115. The van der Waals surface area contributed by atoms with Gasteiger partial charge in [-0.15, -0.1) is 0 Å². The van der Waals surface area contributed by atoms with Gasteiger partial charge in [0.15, 0.2) is 0 Å². The highest BCUT2D eigenvalue weighted by atomic mass is 35.5. The Labute approximate surface area is 98.8 Å². The van der Waals surface area contributed by atoms with Gasteiger partial charge in [0.1, 0.15) is 5.76 Å². The summed E-state index contributed by atoms with van der Waals surface area (Å²) in [5.74, 6) is 0.115. The van der Waals surface area contributed by atoms with Crippen molar-refractivity contribution in [1.29, 1.82) is 0 Å². The van der Waals surface area contributed by atoms with Gasteiger partial charge in [0.2, 0.25) is 0 Å². The van der Waals surface area contributed by atoms with Crippen LogP contribution in [0.3, 0.4) is 0 Å². The molecule has 0 aliphatic rings. The van der Waals surface area contributed by atoms with Crippen molar-refractivity contribution in [1.82, 2.24) is 4.98 Å². The Bertz CT molecular complexity index is 508. The number of aromatic nitrogens is 1. The second-order valence-electron chi connectivity index (χ2n) is 3.26. The van der Waals surface area contributed by atoms with E-state index >= 15 is 0 Å². The molecule has 3 heteroatoms. The van der Waals surface area contributed by atoms with Crippen LogP contribution in [-0.4, -0.2) is 10.1 Å². The van der Waals surface area contributed by atoms with Crippen molar-refractivity contribution in [3.05, 3.63) is 64.9 Å². The molecule has 0 aliphatic heterocycles. The highest BCUT2D eigenvalue weighted by molar-refractivity contribution is 6.32. The number of benzene rings is 1. The Morgan fingerprint density at radius 1 is 1.12 bits per heavy atom. The van der Waals surface area contributed by atoms with Crippen LogP contribution in [0.1, 0.15) is 11.3 Å². The third kappa shape index (κ3) is 2.41. The highest BCUT2D eigenvalue weighted by Gasteiger charge is 2.03. The predicted octanol–water partition coefficient (Wildman–Crippen LogP) is 3.79. The zero-order chi connectivity index (χ0) is 11.4. The number of pyridine rings is 1. The van der Waals surface area contributed by atoms with Crippen LogP contribution < -0.4 is 0 Å². The highest BCUT2D eigenvalue weighted by Crippen LogP contribution is 2.22. The molecule has 0 radical (unpaired) electrons. The topological polar surface area (TPSA) is 33.1 Å². The van der Waals surface area contributed by atoms with Gasteiger partial charge in [-0.05, 0) is 24.3 Å². The minimum atomic E-state index is 0.115. The summed E-state index contributed by atoms with van der Waals surface area (Å²) >= 11 is 5.96. The number of hydrogen-bond acceptors (Lipinski definition) is 2. The van der Waals surface area contributed by atoms with Crippen molar-refractivity contribution >= 4 is 23.4 Å². The van der Waals surface area contributed by atoms with Crippen LogP contribution in [0.5, 0.6) is 0 Å². The van der Waals surface area contributed by atoms with Crippen LogP contribution in [0.2, 0.25) is 5.02 Å². The van der Waals surface area contributed by atoms with Crippen molar-refractivity contribution in [3.63, 3.8) is 0 Å². The number of nitrogens with zero attached hydrogens (tertiary/aromatic N) is 1. The first-order valence-electron chi connectivity index (χ1n) is 4.84. The van der Waals surface area contributed by atoms with Crippen LogP contribution in [-0.2, 0) is 0 Å². The summed E-state index contributed by atoms with van der Waals surface area (Å²) in [5.41, 5.74) is 1.30. The fraction of sp³-hybridized carbons (Fsp3) is 0. The van der Waals surface area contributed by atoms with Crippen molar-refractivity contribution in [3.8, 4) is 0 Å². The van der Waals surface area contributed by atoms with E-state index in [9.17, 15) is 5.11 Å². The third-order valence-electron chi connectivity index (χ3n) is 2.12. The number of halogens is 1. The van der Waals surface area contributed by atoms with Gasteiger partial charge < -0.3 is 5.11 Å². The Morgan fingerprint density at radius 2 is 1.88 bits per heavy atom. The van der Waals surface area contributed by atoms with E-state index in [1.165, 1.54) is 0 Å². The third-order valence-corrected chi connectivity index (χ3v) is 2.45. The lowest BCUT2D eigenvalue weighted by molar-refractivity contribution is 0.515. The summed E-state index contributed by atoms with van der Waals surface area (Å²) < 4.78 is 0. The minimum Gasteiger partial charge on any atom is -0.507 e. The lowest BCUT2D eigenvalue weighted by atomic mass is 10.1. The van der Waals surface area contributed by atoms with E-state index < -0.39 is 0 Å². The second kappa shape index (κ2) is 4.81. The summed E-state index contributed by atoms with van der Waals surface area (Å²) in [7, 11) is 0. The number of rotatable bonds is 2. The van der Waals surface area contributed by atoms with E-state index in [0.29, 0.717) is 16.3 Å². The van der Waals surface area contributed by atoms with Crippen molar-refractivity contribution in [2.24, 2.45) is 0 Å². The quantitative estimate of drug-likeness (QED) is 0.798. The van der Waals surface area contributed by atoms with Crippen molar-refractivity contribution in [2.75, 3.05) is 0 Å². The molecule has 0 saturated carbocycles. The summed E-state index contributed by atoms with van der Waals surface area (Å²) in [6.45, 7) is 0. The zero-order valence-electron chi connectivity index (χ0n) is 8.47. The van der Waals surface area contributed by atoms with Gasteiger partial charge in [-0.25, -0.2) is 0 Å². The van der Waals surface area contributed by atoms with Gasteiger partial charge >= 0.3 is 0 Å². The Morgan fingerprint density at radius 3 is 2.56 bits per heavy atom. The van der Waals surface area contributed by atoms with E-state index in [1.54, 1.807) is 24.4 Å². The molecule has 16 heavy (non-hydrogen) atoms. The molecule has 1 heterocycles. The molecule has 1 aromatic carbocycles. The van der Waals surface area contributed by atoms with Crippen LogP contribution >= 0.6 is 11.6 Å². The first kappa shape index (κ1) is 10.7. The molecule has 0 saturated heterocycles. The Kier molecular flexibility index (Phi) is 3.22. The first-order chi connectivity index (χ1) is 7.77. The molecule has 1 aromatic heterocycles. The molecule has 0 aliphatic carbocycles. The molecule has 0 bridgehead atoms. The molecule has 0 amide bonds. The Balaban J connectivity index is 2.36. The maximum Gasteiger partial charge on any atom is 0.126 e. The average Bonchev–Trinajstić information content (AvgIpc) is 2.31. The maximum absolute atomic E-state index is 9.89. The zero-order valence-corrected chi connectivity index (χ0v) is 9.22. The van der Waals surface area contributed by atoms with E-state index in [4.69, 9.17) is 11.6 Å². The molecule has 0 fully saturated rings. The smallest absolute Gasteiger partial charge is 0.126 e. The molecule has 2 nitrogen and oxygen atoms in total.